The molecule has 17 heavy (non-hydrogen) atoms. The number of unbranched alkanes of at least 4 members (excludes halogenated alkanes) is 2. The minimum atomic E-state index is 0.865. The predicted octanol–water partition coefficient (Wildman–Crippen LogP) is 2.94. The van der Waals surface area contributed by atoms with Crippen molar-refractivity contribution in [1.82, 2.24) is 4.90 Å². The van der Waals surface area contributed by atoms with Crippen molar-refractivity contribution in [3.05, 3.63) is 0 Å². The molecule has 1 aliphatic rings. The summed E-state index contributed by atoms with van der Waals surface area (Å²) in [6.07, 6.45) is 5.08. The third-order valence-electron chi connectivity index (χ3n) is 2.74. The van der Waals surface area contributed by atoms with Crippen LogP contribution in [0.4, 0.5) is 0 Å². The highest BCUT2D eigenvalue weighted by molar-refractivity contribution is 4.59. The van der Waals surface area contributed by atoms with E-state index in [-0.39, 0.29) is 0 Å². The zero-order chi connectivity index (χ0) is 12.8. The molecule has 1 rings (SSSR count). The van der Waals surface area contributed by atoms with E-state index >= 15 is 0 Å². The van der Waals surface area contributed by atoms with Gasteiger partial charge in [-0.15, -0.1) is 0 Å². The predicted molar refractivity (Wildman–Crippen MR) is 73.6 cm³/mol. The van der Waals surface area contributed by atoms with Crippen molar-refractivity contribution in [3.8, 4) is 0 Å². The molecule has 0 radical (unpaired) electrons. The van der Waals surface area contributed by atoms with E-state index in [4.69, 9.17) is 9.47 Å². The van der Waals surface area contributed by atoms with Gasteiger partial charge in [0.15, 0.2) is 0 Å². The number of hydrogen-bond acceptors (Lipinski definition) is 3. The van der Waals surface area contributed by atoms with Crippen LogP contribution in [0.1, 0.15) is 46.5 Å². The molecule has 3 nitrogen and oxygen atoms in total. The monoisotopic (exact) mass is 245 g/mol. The van der Waals surface area contributed by atoms with Gasteiger partial charge < -0.3 is 9.47 Å². The van der Waals surface area contributed by atoms with Crippen LogP contribution in [-0.2, 0) is 9.47 Å². The second kappa shape index (κ2) is 13.9. The van der Waals surface area contributed by atoms with E-state index in [9.17, 15) is 0 Å². The van der Waals surface area contributed by atoms with E-state index in [1.54, 1.807) is 0 Å². The Bertz CT molecular complexity index is 127. The second-order valence-electron chi connectivity index (χ2n) is 4.36. The Labute approximate surface area is 107 Å². The zero-order valence-corrected chi connectivity index (χ0v) is 12.0. The Balaban J connectivity index is 0.000000304. The SMILES string of the molecule is CCCCCOCC.CCCN1CCOCC1. The topological polar surface area (TPSA) is 21.7 Å². The lowest BCUT2D eigenvalue weighted by Crippen LogP contribution is -2.36. The standard InChI is InChI=1S/C7H15NO.C7H16O/c1-2-3-8-4-6-9-7-5-8;1-3-5-6-7-8-4-2/h2-7H2,1H3;3-7H2,1-2H3. The van der Waals surface area contributed by atoms with Gasteiger partial charge in [-0.3, -0.25) is 4.90 Å². The van der Waals surface area contributed by atoms with Gasteiger partial charge in [-0.2, -0.15) is 0 Å². The van der Waals surface area contributed by atoms with Crippen molar-refractivity contribution in [2.24, 2.45) is 0 Å². The molecule has 1 fully saturated rings. The fraction of sp³-hybridized carbons (Fsp3) is 1.00. The van der Waals surface area contributed by atoms with Crippen molar-refractivity contribution < 1.29 is 9.47 Å². The summed E-state index contributed by atoms with van der Waals surface area (Å²) >= 11 is 0. The lowest BCUT2D eigenvalue weighted by Gasteiger charge is -2.25. The molecule has 0 N–H and O–H groups in total. The van der Waals surface area contributed by atoms with Crippen LogP contribution in [0.3, 0.4) is 0 Å². The van der Waals surface area contributed by atoms with Crippen LogP contribution in [0.2, 0.25) is 0 Å². The van der Waals surface area contributed by atoms with Gasteiger partial charge in [0.2, 0.25) is 0 Å². The van der Waals surface area contributed by atoms with E-state index in [1.807, 2.05) is 6.92 Å². The van der Waals surface area contributed by atoms with Crippen LogP contribution in [-0.4, -0.2) is 51.0 Å². The molecule has 0 aromatic heterocycles. The average Bonchev–Trinajstić information content (AvgIpc) is 2.37. The fourth-order valence-electron chi connectivity index (χ4n) is 1.74. The summed E-state index contributed by atoms with van der Waals surface area (Å²) in [5.74, 6) is 0. The average molecular weight is 245 g/mol. The molecule has 0 aromatic rings. The molecule has 0 unspecified atom stereocenters. The molecule has 0 atom stereocenters. The first-order valence-electron chi connectivity index (χ1n) is 7.22. The maximum Gasteiger partial charge on any atom is 0.0594 e. The summed E-state index contributed by atoms with van der Waals surface area (Å²) in [7, 11) is 0. The van der Waals surface area contributed by atoms with Gasteiger partial charge in [-0.05, 0) is 26.3 Å². The zero-order valence-electron chi connectivity index (χ0n) is 12.0. The molecule has 1 saturated heterocycles. The fourth-order valence-corrected chi connectivity index (χ4v) is 1.74. The van der Waals surface area contributed by atoms with Crippen molar-refractivity contribution in [2.45, 2.75) is 46.5 Å². The first-order valence-corrected chi connectivity index (χ1v) is 7.22. The van der Waals surface area contributed by atoms with Crippen LogP contribution >= 0.6 is 0 Å². The quantitative estimate of drug-likeness (QED) is 0.644. The van der Waals surface area contributed by atoms with Crippen molar-refractivity contribution in [2.75, 3.05) is 46.1 Å². The normalized spacial score (nSPS) is 16.4. The van der Waals surface area contributed by atoms with E-state index < -0.39 is 0 Å². The lowest BCUT2D eigenvalue weighted by molar-refractivity contribution is 0.0380. The smallest absolute Gasteiger partial charge is 0.0594 e. The summed E-state index contributed by atoms with van der Waals surface area (Å²) in [6.45, 7) is 13.6. The maximum atomic E-state index is 5.20. The number of morpholine rings is 1. The van der Waals surface area contributed by atoms with Gasteiger partial charge in [0, 0.05) is 26.3 Å². The molecule has 0 amide bonds. The van der Waals surface area contributed by atoms with Crippen molar-refractivity contribution in [3.63, 3.8) is 0 Å². The van der Waals surface area contributed by atoms with Crippen LogP contribution in [0, 0.1) is 0 Å². The van der Waals surface area contributed by atoms with Crippen LogP contribution in [0.25, 0.3) is 0 Å². The maximum absolute atomic E-state index is 5.20. The summed E-state index contributed by atoms with van der Waals surface area (Å²) in [5, 5.41) is 0. The Kier molecular flexibility index (Phi) is 13.8. The summed E-state index contributed by atoms with van der Waals surface area (Å²) in [4.78, 5) is 2.45. The molecule has 3 heteroatoms. The van der Waals surface area contributed by atoms with Gasteiger partial charge in [0.05, 0.1) is 13.2 Å². The Morgan fingerprint density at radius 1 is 1.00 bits per heavy atom. The number of nitrogens with zero attached hydrogens (tertiary/aromatic N) is 1. The van der Waals surface area contributed by atoms with E-state index in [2.05, 4.69) is 18.7 Å². The van der Waals surface area contributed by atoms with Crippen LogP contribution in [0.5, 0.6) is 0 Å². The molecule has 0 bridgehead atoms. The Morgan fingerprint density at radius 3 is 2.24 bits per heavy atom. The first-order chi connectivity index (χ1) is 8.35. The number of hydrogen-bond donors (Lipinski definition) is 0. The van der Waals surface area contributed by atoms with Gasteiger partial charge in [0.25, 0.3) is 0 Å². The molecule has 1 aliphatic heterocycles. The molecular formula is C14H31NO2. The third-order valence-corrected chi connectivity index (χ3v) is 2.74. The third kappa shape index (κ3) is 12.1. The van der Waals surface area contributed by atoms with E-state index in [0.717, 1.165) is 39.5 Å². The Morgan fingerprint density at radius 2 is 1.71 bits per heavy atom. The number of rotatable bonds is 7. The molecular weight excluding hydrogens is 214 g/mol. The molecule has 0 saturated carbocycles. The highest BCUT2D eigenvalue weighted by atomic mass is 16.5. The van der Waals surface area contributed by atoms with Crippen LogP contribution in [0.15, 0.2) is 0 Å². The Hall–Kier alpha value is -0.120. The molecule has 0 spiro atoms. The van der Waals surface area contributed by atoms with Crippen LogP contribution < -0.4 is 0 Å². The minimum absolute atomic E-state index is 0.865. The van der Waals surface area contributed by atoms with Gasteiger partial charge in [-0.1, -0.05) is 26.7 Å². The van der Waals surface area contributed by atoms with E-state index in [1.165, 1.54) is 32.2 Å². The second-order valence-corrected chi connectivity index (χ2v) is 4.36. The molecule has 104 valence electrons. The van der Waals surface area contributed by atoms with Crippen molar-refractivity contribution >= 4 is 0 Å². The van der Waals surface area contributed by atoms with Gasteiger partial charge >= 0.3 is 0 Å². The summed E-state index contributed by atoms with van der Waals surface area (Å²) < 4.78 is 10.3. The highest BCUT2D eigenvalue weighted by Gasteiger charge is 2.07. The van der Waals surface area contributed by atoms with E-state index in [0.29, 0.717) is 0 Å². The van der Waals surface area contributed by atoms with Crippen molar-refractivity contribution in [1.29, 1.82) is 0 Å². The number of ether oxygens (including phenoxy) is 2. The molecule has 0 aromatic carbocycles. The first kappa shape index (κ1) is 16.9. The van der Waals surface area contributed by atoms with Gasteiger partial charge in [0.1, 0.15) is 0 Å². The summed E-state index contributed by atoms with van der Waals surface area (Å²) in [6, 6.07) is 0. The molecule has 0 aliphatic carbocycles. The minimum Gasteiger partial charge on any atom is -0.382 e. The molecule has 1 heterocycles. The highest BCUT2D eigenvalue weighted by Crippen LogP contribution is 1.96. The summed E-state index contributed by atoms with van der Waals surface area (Å²) in [5.41, 5.74) is 0. The lowest BCUT2D eigenvalue weighted by atomic mass is 10.3. The van der Waals surface area contributed by atoms with Gasteiger partial charge in [-0.25, -0.2) is 0 Å². The largest absolute Gasteiger partial charge is 0.382 e.